The molecule has 0 saturated carbocycles. The topological polar surface area (TPSA) is 89.7 Å². The molecule has 1 fully saturated rings. The van der Waals surface area contributed by atoms with Crippen LogP contribution in [0.15, 0.2) is 71.6 Å². The third-order valence-electron chi connectivity index (χ3n) is 5.01. The third kappa shape index (κ3) is 5.25. The molecule has 0 N–H and O–H groups in total. The van der Waals surface area contributed by atoms with Crippen LogP contribution in [0.3, 0.4) is 0 Å². The van der Waals surface area contributed by atoms with Crippen LogP contribution in [0.25, 0.3) is 6.08 Å². The number of para-hydroxylation sites is 1. The quantitative estimate of drug-likeness (QED) is 0.197. The minimum absolute atomic E-state index is 0.00655. The number of amides is 2. The van der Waals surface area contributed by atoms with E-state index < -0.39 is 16.1 Å². The highest BCUT2D eigenvalue weighted by Crippen LogP contribution is 2.35. The zero-order valence-corrected chi connectivity index (χ0v) is 19.8. The van der Waals surface area contributed by atoms with Crippen molar-refractivity contribution in [3.8, 4) is 5.75 Å². The average molecular weight is 515 g/mol. The highest BCUT2D eigenvalue weighted by Gasteiger charge is 2.35. The number of nitro benzene ring substituents is 1. The summed E-state index contributed by atoms with van der Waals surface area (Å²) in [6.45, 7) is 0.0267. The summed E-state index contributed by atoms with van der Waals surface area (Å²) >= 11 is 13.2. The number of rotatable bonds is 7. The molecule has 1 saturated heterocycles. The first-order valence-electron chi connectivity index (χ1n) is 9.97. The number of hydrogen-bond donors (Lipinski definition) is 0. The molecule has 10 heteroatoms. The maximum absolute atomic E-state index is 12.8. The van der Waals surface area contributed by atoms with E-state index in [4.69, 9.17) is 27.9 Å². The van der Waals surface area contributed by atoms with Crippen molar-refractivity contribution in [2.75, 3.05) is 0 Å². The highest BCUT2D eigenvalue weighted by molar-refractivity contribution is 8.18. The van der Waals surface area contributed by atoms with E-state index in [9.17, 15) is 19.7 Å². The SMILES string of the molecule is O=C1S/C(=C\c2ccc(OCc3ccccc3[N+](=O)[O-])cc2)C(=O)N1Cc1c(Cl)cccc1Cl. The molecule has 4 rings (SSSR count). The summed E-state index contributed by atoms with van der Waals surface area (Å²) < 4.78 is 5.67. The number of thioether (sulfide) groups is 1. The van der Waals surface area contributed by atoms with Gasteiger partial charge in [0.2, 0.25) is 0 Å². The van der Waals surface area contributed by atoms with Gasteiger partial charge in [-0.2, -0.15) is 0 Å². The molecule has 0 unspecified atom stereocenters. The van der Waals surface area contributed by atoms with Crippen LogP contribution >= 0.6 is 35.0 Å². The summed E-state index contributed by atoms with van der Waals surface area (Å²) in [6.07, 6.45) is 1.62. The molecule has 0 aromatic heterocycles. The number of nitro groups is 1. The lowest BCUT2D eigenvalue weighted by Crippen LogP contribution is -2.27. The molecule has 1 heterocycles. The Morgan fingerprint density at radius 2 is 1.65 bits per heavy atom. The fourth-order valence-electron chi connectivity index (χ4n) is 3.26. The Labute approximate surface area is 209 Å². The fraction of sp³-hybridized carbons (Fsp3) is 0.0833. The Morgan fingerprint density at radius 1 is 0.971 bits per heavy atom. The van der Waals surface area contributed by atoms with Gasteiger partial charge in [-0.25, -0.2) is 0 Å². The van der Waals surface area contributed by atoms with Crippen LogP contribution < -0.4 is 4.74 Å². The van der Waals surface area contributed by atoms with Crippen molar-refractivity contribution in [2.24, 2.45) is 0 Å². The van der Waals surface area contributed by atoms with Gasteiger partial charge < -0.3 is 4.74 Å². The molecule has 2 amide bonds. The van der Waals surface area contributed by atoms with Crippen LogP contribution in [0, 0.1) is 10.1 Å². The molecule has 0 bridgehead atoms. The number of hydrogen-bond acceptors (Lipinski definition) is 6. The number of halogens is 2. The molecule has 0 radical (unpaired) electrons. The van der Waals surface area contributed by atoms with E-state index in [1.807, 2.05) is 0 Å². The van der Waals surface area contributed by atoms with E-state index in [1.165, 1.54) is 6.07 Å². The van der Waals surface area contributed by atoms with Crippen molar-refractivity contribution >= 4 is 57.9 Å². The molecule has 1 aliphatic rings. The standard InChI is InChI=1S/C24H16Cl2N2O5S/c25-19-5-3-6-20(26)18(19)13-27-23(29)22(34-24(27)30)12-15-8-10-17(11-9-15)33-14-16-4-1-2-7-21(16)28(31)32/h1-12H,13-14H2/b22-12-. The third-order valence-corrected chi connectivity index (χ3v) is 6.63. The Kier molecular flexibility index (Phi) is 7.21. The largest absolute Gasteiger partial charge is 0.489 e. The van der Waals surface area contributed by atoms with Crippen molar-refractivity contribution < 1.29 is 19.2 Å². The molecule has 34 heavy (non-hydrogen) atoms. The van der Waals surface area contributed by atoms with Crippen LogP contribution in [0.5, 0.6) is 5.75 Å². The van der Waals surface area contributed by atoms with E-state index in [0.717, 1.165) is 16.7 Å². The second-order valence-corrected chi connectivity index (χ2v) is 9.02. The lowest BCUT2D eigenvalue weighted by molar-refractivity contribution is -0.385. The molecule has 0 atom stereocenters. The Balaban J connectivity index is 1.44. The van der Waals surface area contributed by atoms with Crippen molar-refractivity contribution in [1.82, 2.24) is 4.90 Å². The Hall–Kier alpha value is -3.33. The summed E-state index contributed by atoms with van der Waals surface area (Å²) in [5.41, 5.74) is 1.66. The highest BCUT2D eigenvalue weighted by atomic mass is 35.5. The van der Waals surface area contributed by atoms with Gasteiger partial charge in [-0.15, -0.1) is 0 Å². The number of carbonyl (C=O) groups excluding carboxylic acids is 2. The van der Waals surface area contributed by atoms with Crippen molar-refractivity contribution in [3.05, 3.63) is 108 Å². The molecule has 1 aliphatic heterocycles. The average Bonchev–Trinajstić information content (AvgIpc) is 3.08. The van der Waals surface area contributed by atoms with E-state index >= 15 is 0 Å². The fourth-order valence-corrected chi connectivity index (χ4v) is 4.62. The summed E-state index contributed by atoms with van der Waals surface area (Å²) in [4.78, 5) is 37.3. The normalized spacial score (nSPS) is 14.6. The van der Waals surface area contributed by atoms with Gasteiger partial charge in [-0.1, -0.05) is 53.5 Å². The monoisotopic (exact) mass is 514 g/mol. The first-order valence-corrected chi connectivity index (χ1v) is 11.5. The first-order chi connectivity index (χ1) is 16.3. The predicted molar refractivity (Wildman–Crippen MR) is 132 cm³/mol. The molecule has 0 aliphatic carbocycles. The van der Waals surface area contributed by atoms with Crippen LogP contribution in [0.4, 0.5) is 10.5 Å². The second-order valence-electron chi connectivity index (χ2n) is 7.21. The maximum atomic E-state index is 12.8. The molecule has 3 aromatic rings. The molecule has 0 spiro atoms. The van der Waals surface area contributed by atoms with Crippen LogP contribution in [0.1, 0.15) is 16.7 Å². The minimum atomic E-state index is -0.450. The van der Waals surface area contributed by atoms with Gasteiger partial charge in [0.1, 0.15) is 12.4 Å². The molecule has 3 aromatic carbocycles. The number of carbonyl (C=O) groups is 2. The molecular formula is C24H16Cl2N2O5S. The van der Waals surface area contributed by atoms with Gasteiger partial charge in [0.15, 0.2) is 0 Å². The van der Waals surface area contributed by atoms with E-state index in [0.29, 0.717) is 32.5 Å². The van der Waals surface area contributed by atoms with Crippen molar-refractivity contribution in [3.63, 3.8) is 0 Å². The minimum Gasteiger partial charge on any atom is -0.489 e. The number of benzene rings is 3. The summed E-state index contributed by atoms with van der Waals surface area (Å²) in [5.74, 6) is 0.0828. The van der Waals surface area contributed by atoms with E-state index in [1.54, 1.807) is 66.7 Å². The first kappa shape index (κ1) is 23.8. The number of imide groups is 1. The van der Waals surface area contributed by atoms with Gasteiger partial charge in [0.05, 0.1) is 21.9 Å². The smallest absolute Gasteiger partial charge is 0.293 e. The molecule has 172 valence electrons. The molecular weight excluding hydrogens is 499 g/mol. The lowest BCUT2D eigenvalue weighted by atomic mass is 10.2. The number of ether oxygens (including phenoxy) is 1. The van der Waals surface area contributed by atoms with Crippen LogP contribution in [-0.4, -0.2) is 21.0 Å². The Morgan fingerprint density at radius 3 is 2.32 bits per heavy atom. The predicted octanol–water partition coefficient (Wildman–Crippen LogP) is 6.72. The Bertz CT molecular complexity index is 1290. The summed E-state index contributed by atoms with van der Waals surface area (Å²) in [5, 5.41) is 11.5. The van der Waals surface area contributed by atoms with Crippen LogP contribution in [-0.2, 0) is 17.9 Å². The lowest BCUT2D eigenvalue weighted by Gasteiger charge is -2.14. The summed E-state index contributed by atoms with van der Waals surface area (Å²) in [7, 11) is 0. The van der Waals surface area contributed by atoms with E-state index in [2.05, 4.69) is 0 Å². The van der Waals surface area contributed by atoms with Gasteiger partial charge in [0, 0.05) is 21.7 Å². The zero-order chi connectivity index (χ0) is 24.2. The summed E-state index contributed by atoms with van der Waals surface area (Å²) in [6, 6.07) is 18.2. The van der Waals surface area contributed by atoms with Gasteiger partial charge in [-0.05, 0) is 53.7 Å². The van der Waals surface area contributed by atoms with Gasteiger partial charge in [0.25, 0.3) is 16.8 Å². The van der Waals surface area contributed by atoms with Gasteiger partial charge >= 0.3 is 0 Å². The number of nitrogens with zero attached hydrogens (tertiary/aromatic N) is 2. The second kappa shape index (κ2) is 10.3. The van der Waals surface area contributed by atoms with Crippen molar-refractivity contribution in [1.29, 1.82) is 0 Å². The van der Waals surface area contributed by atoms with Crippen LogP contribution in [0.2, 0.25) is 10.0 Å². The maximum Gasteiger partial charge on any atom is 0.293 e. The zero-order valence-electron chi connectivity index (χ0n) is 17.4. The van der Waals surface area contributed by atoms with Crippen molar-refractivity contribution in [2.45, 2.75) is 13.2 Å². The van der Waals surface area contributed by atoms with E-state index in [-0.39, 0.29) is 23.7 Å². The molecule has 7 nitrogen and oxygen atoms in total. The van der Waals surface area contributed by atoms with Gasteiger partial charge in [-0.3, -0.25) is 24.6 Å².